The first-order valence-electron chi connectivity index (χ1n) is 6.04. The van der Waals surface area contributed by atoms with E-state index in [1.54, 1.807) is 7.11 Å². The van der Waals surface area contributed by atoms with E-state index in [0.29, 0.717) is 17.8 Å². The van der Waals surface area contributed by atoms with Gasteiger partial charge in [-0.3, -0.25) is 0 Å². The second-order valence-electron chi connectivity index (χ2n) is 4.80. The first kappa shape index (κ1) is 21.7. The minimum atomic E-state index is 0. The van der Waals surface area contributed by atoms with Crippen molar-refractivity contribution in [3.8, 4) is 5.75 Å². The molecule has 2 atom stereocenters. The van der Waals surface area contributed by atoms with Crippen molar-refractivity contribution < 1.29 is 4.74 Å². The highest BCUT2D eigenvalue weighted by Crippen LogP contribution is 2.27. The van der Waals surface area contributed by atoms with Gasteiger partial charge in [-0.15, -0.1) is 37.2 Å². The fraction of sp³-hybridized carbons (Fsp3) is 0.538. The third-order valence-electron chi connectivity index (χ3n) is 3.14. The number of nitrogens with two attached hydrogens (primary N) is 1. The molecule has 0 amide bonds. The molecule has 0 bridgehead atoms. The fourth-order valence-corrected chi connectivity index (χ4v) is 2.46. The molecule has 1 aromatic carbocycles. The van der Waals surface area contributed by atoms with Gasteiger partial charge in [0.25, 0.3) is 0 Å². The molecular weight excluding hydrogens is 321 g/mol. The molecule has 3 N–H and O–H groups in total. The van der Waals surface area contributed by atoms with E-state index in [9.17, 15) is 0 Å². The molecule has 0 saturated carbocycles. The summed E-state index contributed by atoms with van der Waals surface area (Å²) in [6.45, 7) is 6.43. The van der Waals surface area contributed by atoms with E-state index < -0.39 is 0 Å². The van der Waals surface area contributed by atoms with E-state index in [0.717, 1.165) is 18.8 Å². The normalized spacial score (nSPS) is 21.1. The summed E-state index contributed by atoms with van der Waals surface area (Å²) in [5.41, 5.74) is 7.81. The number of methoxy groups -OCH3 is 1. The maximum Gasteiger partial charge on any atom is 0.141 e. The number of nitrogen functional groups attached to an aromatic ring is 1. The predicted octanol–water partition coefficient (Wildman–Crippen LogP) is 2.73. The van der Waals surface area contributed by atoms with Crippen LogP contribution in [0.25, 0.3) is 0 Å². The monoisotopic (exact) mass is 343 g/mol. The molecule has 20 heavy (non-hydrogen) atoms. The Morgan fingerprint density at radius 2 is 1.70 bits per heavy atom. The molecule has 0 aromatic heterocycles. The van der Waals surface area contributed by atoms with Crippen LogP contribution < -0.4 is 20.7 Å². The number of hydrogen-bond donors (Lipinski definition) is 2. The second kappa shape index (κ2) is 9.40. The number of anilines is 2. The number of hydrogen-bond acceptors (Lipinski definition) is 4. The highest BCUT2D eigenvalue weighted by molar-refractivity contribution is 5.86. The summed E-state index contributed by atoms with van der Waals surface area (Å²) in [6.07, 6.45) is 0. The third-order valence-corrected chi connectivity index (χ3v) is 3.14. The number of rotatable bonds is 2. The molecule has 0 unspecified atom stereocenters. The fourth-order valence-electron chi connectivity index (χ4n) is 2.46. The van der Waals surface area contributed by atoms with Crippen molar-refractivity contribution in [2.75, 3.05) is 30.8 Å². The molecule has 1 aliphatic heterocycles. The van der Waals surface area contributed by atoms with Crippen molar-refractivity contribution >= 4 is 48.6 Å². The van der Waals surface area contributed by atoms with Gasteiger partial charge in [0, 0.05) is 30.9 Å². The molecule has 1 aliphatic rings. The van der Waals surface area contributed by atoms with Crippen LogP contribution in [0.1, 0.15) is 13.8 Å². The smallest absolute Gasteiger partial charge is 0.141 e. The summed E-state index contributed by atoms with van der Waals surface area (Å²) in [5.74, 6) is 0.741. The standard InChI is InChI=1S/C13H21N3O.3ClH/c1-9-7-16(8-10(2)15-9)11-4-5-13(17-3)12(14)6-11;;;/h4-6,9-10,15H,7-8,14H2,1-3H3;3*1H/t9-,10+;;;. The summed E-state index contributed by atoms with van der Waals surface area (Å²) in [6, 6.07) is 7.00. The van der Waals surface area contributed by atoms with Gasteiger partial charge in [-0.2, -0.15) is 0 Å². The Hall–Kier alpha value is -0.550. The molecule has 4 nitrogen and oxygen atoms in total. The van der Waals surface area contributed by atoms with E-state index in [4.69, 9.17) is 10.5 Å². The van der Waals surface area contributed by atoms with Crippen LogP contribution in [-0.2, 0) is 0 Å². The van der Waals surface area contributed by atoms with Crippen molar-refractivity contribution in [3.05, 3.63) is 18.2 Å². The Labute approximate surface area is 139 Å². The van der Waals surface area contributed by atoms with E-state index >= 15 is 0 Å². The molecule has 0 spiro atoms. The summed E-state index contributed by atoms with van der Waals surface area (Å²) in [4.78, 5) is 2.36. The largest absolute Gasteiger partial charge is 0.495 e. The Balaban J connectivity index is 0. The molecule has 0 radical (unpaired) electrons. The van der Waals surface area contributed by atoms with Gasteiger partial charge in [0.05, 0.1) is 12.8 Å². The molecule has 1 heterocycles. The minimum Gasteiger partial charge on any atom is -0.495 e. The zero-order chi connectivity index (χ0) is 12.4. The summed E-state index contributed by atoms with van der Waals surface area (Å²) < 4.78 is 5.17. The van der Waals surface area contributed by atoms with E-state index in [2.05, 4.69) is 30.1 Å². The van der Waals surface area contributed by atoms with Gasteiger partial charge in [-0.05, 0) is 32.0 Å². The molecule has 7 heteroatoms. The van der Waals surface area contributed by atoms with Gasteiger partial charge >= 0.3 is 0 Å². The molecule has 1 aromatic rings. The number of benzene rings is 1. The van der Waals surface area contributed by atoms with Gasteiger partial charge < -0.3 is 20.7 Å². The first-order valence-corrected chi connectivity index (χ1v) is 6.04. The van der Waals surface area contributed by atoms with Crippen LogP contribution in [0.4, 0.5) is 11.4 Å². The molecular formula is C13H24Cl3N3O. The third kappa shape index (κ3) is 5.09. The van der Waals surface area contributed by atoms with Crippen molar-refractivity contribution in [1.29, 1.82) is 0 Å². The van der Waals surface area contributed by atoms with Crippen LogP contribution in [-0.4, -0.2) is 32.3 Å². The SMILES string of the molecule is COc1ccc(N2C[C@@H](C)N[C@@H](C)C2)cc1N.Cl.Cl.Cl. The quantitative estimate of drug-likeness (QED) is 0.810. The average molecular weight is 345 g/mol. The van der Waals surface area contributed by atoms with E-state index in [-0.39, 0.29) is 37.2 Å². The highest BCUT2D eigenvalue weighted by Gasteiger charge is 2.21. The number of nitrogens with zero attached hydrogens (tertiary/aromatic N) is 1. The maximum atomic E-state index is 5.94. The van der Waals surface area contributed by atoms with Gasteiger partial charge in [-0.1, -0.05) is 0 Å². The van der Waals surface area contributed by atoms with Crippen molar-refractivity contribution in [2.45, 2.75) is 25.9 Å². The second-order valence-corrected chi connectivity index (χ2v) is 4.80. The topological polar surface area (TPSA) is 50.5 Å². The molecule has 1 saturated heterocycles. The zero-order valence-electron chi connectivity index (χ0n) is 12.0. The van der Waals surface area contributed by atoms with Crippen molar-refractivity contribution in [3.63, 3.8) is 0 Å². The minimum absolute atomic E-state index is 0. The number of piperazine rings is 1. The number of ether oxygens (including phenoxy) is 1. The average Bonchev–Trinajstić information content (AvgIpc) is 2.27. The Morgan fingerprint density at radius 1 is 1.15 bits per heavy atom. The Bertz CT molecular complexity index is 396. The van der Waals surface area contributed by atoms with Gasteiger partial charge in [0.15, 0.2) is 0 Å². The summed E-state index contributed by atoms with van der Waals surface area (Å²) >= 11 is 0. The van der Waals surface area contributed by atoms with E-state index in [1.807, 2.05) is 12.1 Å². The number of nitrogens with one attached hydrogen (secondary N) is 1. The van der Waals surface area contributed by atoms with Gasteiger partial charge in [0.1, 0.15) is 5.75 Å². The zero-order valence-corrected chi connectivity index (χ0v) is 14.4. The van der Waals surface area contributed by atoms with Crippen molar-refractivity contribution in [2.24, 2.45) is 0 Å². The van der Waals surface area contributed by atoms with Crippen LogP contribution >= 0.6 is 37.2 Å². The van der Waals surface area contributed by atoms with Crippen molar-refractivity contribution in [1.82, 2.24) is 5.32 Å². The van der Waals surface area contributed by atoms with Crippen LogP contribution in [0.15, 0.2) is 18.2 Å². The summed E-state index contributed by atoms with van der Waals surface area (Å²) in [7, 11) is 1.64. The van der Waals surface area contributed by atoms with Crippen LogP contribution in [0.3, 0.4) is 0 Å². The molecule has 1 fully saturated rings. The van der Waals surface area contributed by atoms with Crippen LogP contribution in [0, 0.1) is 0 Å². The first-order chi connectivity index (χ1) is 8.10. The van der Waals surface area contributed by atoms with Crippen LogP contribution in [0.2, 0.25) is 0 Å². The Kier molecular flexibility index (Phi) is 10.2. The number of halogens is 3. The summed E-state index contributed by atoms with van der Waals surface area (Å²) in [5, 5.41) is 3.52. The lowest BCUT2D eigenvalue weighted by atomic mass is 10.1. The molecule has 0 aliphatic carbocycles. The molecule has 118 valence electrons. The molecule has 2 rings (SSSR count). The lowest BCUT2D eigenvalue weighted by molar-refractivity contribution is 0.406. The highest BCUT2D eigenvalue weighted by atomic mass is 35.5. The van der Waals surface area contributed by atoms with Crippen LogP contribution in [0.5, 0.6) is 5.75 Å². The van der Waals surface area contributed by atoms with E-state index in [1.165, 1.54) is 5.69 Å². The lowest BCUT2D eigenvalue weighted by Crippen LogP contribution is -2.54. The lowest BCUT2D eigenvalue weighted by Gasteiger charge is -2.37. The maximum absolute atomic E-state index is 5.94. The Morgan fingerprint density at radius 3 is 2.15 bits per heavy atom. The van der Waals surface area contributed by atoms with Gasteiger partial charge in [0.2, 0.25) is 0 Å². The van der Waals surface area contributed by atoms with Gasteiger partial charge in [-0.25, -0.2) is 0 Å². The predicted molar refractivity (Wildman–Crippen MR) is 93.4 cm³/mol.